The number of unbranched alkanes of at least 4 members (excludes halogenated alkanes) is 1. The Morgan fingerprint density at radius 3 is 2.48 bits per heavy atom. The number of piperidine rings is 1. The Balaban J connectivity index is 0.000000569. The highest BCUT2D eigenvalue weighted by molar-refractivity contribution is 5.91. The molecule has 1 fully saturated rings. The van der Waals surface area contributed by atoms with Gasteiger partial charge in [0, 0.05) is 32.4 Å². The number of anilines is 1. The van der Waals surface area contributed by atoms with Gasteiger partial charge in [-0.25, -0.2) is 9.78 Å². The molecule has 0 spiro atoms. The van der Waals surface area contributed by atoms with E-state index in [0.717, 1.165) is 49.8 Å². The highest BCUT2D eigenvalue weighted by Crippen LogP contribution is 2.33. The van der Waals surface area contributed by atoms with Gasteiger partial charge in [-0.2, -0.15) is 0 Å². The van der Waals surface area contributed by atoms with Gasteiger partial charge < -0.3 is 30.2 Å². The minimum absolute atomic E-state index is 0.0141. The number of aliphatic carboxylic acids is 1. The van der Waals surface area contributed by atoms with Gasteiger partial charge in [0.05, 0.1) is 11.0 Å². The van der Waals surface area contributed by atoms with Crippen LogP contribution in [-0.2, 0) is 14.3 Å². The summed E-state index contributed by atoms with van der Waals surface area (Å²) in [5.41, 5.74) is 3.31. The number of hydrogen-bond donors (Lipinski definition) is 4. The summed E-state index contributed by atoms with van der Waals surface area (Å²) in [6.45, 7) is 8.68. The van der Waals surface area contributed by atoms with E-state index in [1.807, 2.05) is 12.1 Å². The Labute approximate surface area is 195 Å². The summed E-state index contributed by atoms with van der Waals surface area (Å²) in [6, 6.07) is 4.49. The van der Waals surface area contributed by atoms with Crippen molar-refractivity contribution in [1.29, 1.82) is 0 Å². The van der Waals surface area contributed by atoms with Gasteiger partial charge in [0.25, 0.3) is 0 Å². The fourth-order valence-electron chi connectivity index (χ4n) is 3.86. The summed E-state index contributed by atoms with van der Waals surface area (Å²) in [4.78, 5) is 32.2. The van der Waals surface area contributed by atoms with Crippen LogP contribution in [0.3, 0.4) is 0 Å². The summed E-state index contributed by atoms with van der Waals surface area (Å²) in [6.07, 6.45) is 5.40. The number of methoxy groups -OCH3 is 1. The number of carboxylic acid groups (broad SMARTS) is 1. The molecule has 2 aromatic heterocycles. The van der Waals surface area contributed by atoms with Crippen molar-refractivity contribution in [2.75, 3.05) is 32.1 Å². The average molecular weight is 463 g/mol. The van der Waals surface area contributed by atoms with E-state index in [-0.39, 0.29) is 5.91 Å². The average Bonchev–Trinajstić information content (AvgIpc) is 3.20. The zero-order chi connectivity index (χ0) is 24.4. The van der Waals surface area contributed by atoms with Crippen LogP contribution in [0.1, 0.15) is 64.4 Å². The molecular formula is C24H38N4O5. The molecule has 184 valence electrons. The van der Waals surface area contributed by atoms with Gasteiger partial charge in [-0.05, 0) is 83.2 Å². The largest absolute Gasteiger partial charge is 0.479 e. The molecule has 33 heavy (non-hydrogen) atoms. The maximum absolute atomic E-state index is 12.1. The molecule has 3 heterocycles. The first-order chi connectivity index (χ1) is 15.7. The van der Waals surface area contributed by atoms with Gasteiger partial charge in [-0.3, -0.25) is 4.79 Å². The second kappa shape index (κ2) is 13.3. The van der Waals surface area contributed by atoms with Crippen LogP contribution in [0.15, 0.2) is 18.3 Å². The third-order valence-electron chi connectivity index (χ3n) is 5.88. The Morgan fingerprint density at radius 2 is 1.91 bits per heavy atom. The van der Waals surface area contributed by atoms with Crippen LogP contribution in [0, 0.1) is 0 Å². The van der Waals surface area contributed by atoms with Crippen molar-refractivity contribution in [2.45, 2.75) is 70.9 Å². The van der Waals surface area contributed by atoms with Crippen LogP contribution in [0.4, 0.5) is 5.82 Å². The van der Waals surface area contributed by atoms with Crippen LogP contribution >= 0.6 is 0 Å². The first-order valence-electron chi connectivity index (χ1n) is 11.6. The maximum atomic E-state index is 12.1. The molecule has 0 bridgehead atoms. The number of nitrogens with one attached hydrogen (secondary N) is 2. The number of hydrogen-bond acceptors (Lipinski definition) is 6. The molecule has 9 nitrogen and oxygen atoms in total. The predicted molar refractivity (Wildman–Crippen MR) is 128 cm³/mol. The molecule has 0 saturated carbocycles. The van der Waals surface area contributed by atoms with Crippen molar-refractivity contribution in [2.24, 2.45) is 0 Å². The number of pyridine rings is 1. The van der Waals surface area contributed by atoms with Crippen molar-refractivity contribution in [3.8, 4) is 0 Å². The van der Waals surface area contributed by atoms with E-state index in [9.17, 15) is 9.59 Å². The molecule has 1 atom stereocenters. The van der Waals surface area contributed by atoms with E-state index in [4.69, 9.17) is 19.9 Å². The molecule has 1 saturated heterocycles. The number of carboxylic acids is 1. The molecule has 1 unspecified atom stereocenters. The van der Waals surface area contributed by atoms with Crippen molar-refractivity contribution >= 4 is 28.7 Å². The summed E-state index contributed by atoms with van der Waals surface area (Å²) in [5.74, 6) is -0.00349. The smallest absolute Gasteiger partial charge is 0.332 e. The summed E-state index contributed by atoms with van der Waals surface area (Å²) in [7, 11) is 1.68. The number of aliphatic hydroxyl groups is 1. The van der Waals surface area contributed by atoms with E-state index < -0.39 is 12.1 Å². The summed E-state index contributed by atoms with van der Waals surface area (Å²) in [5, 5.41) is 18.7. The number of amides is 1. The fraction of sp³-hybridized carbons (Fsp3) is 0.625. The minimum Gasteiger partial charge on any atom is -0.479 e. The first kappa shape index (κ1) is 26.8. The van der Waals surface area contributed by atoms with Crippen molar-refractivity contribution in [3.05, 3.63) is 23.9 Å². The lowest BCUT2D eigenvalue weighted by Crippen LogP contribution is -2.37. The topological polar surface area (TPSA) is 128 Å². The van der Waals surface area contributed by atoms with E-state index >= 15 is 0 Å². The monoisotopic (exact) mass is 462 g/mol. The lowest BCUT2D eigenvalue weighted by Gasteiger charge is -2.34. The zero-order valence-electron chi connectivity index (χ0n) is 20.1. The van der Waals surface area contributed by atoms with Crippen LogP contribution in [0.25, 0.3) is 11.0 Å². The van der Waals surface area contributed by atoms with Crippen molar-refractivity contribution in [1.82, 2.24) is 14.9 Å². The van der Waals surface area contributed by atoms with Gasteiger partial charge in [0.1, 0.15) is 11.9 Å². The number of rotatable bonds is 9. The number of aromatic amines is 1. The van der Waals surface area contributed by atoms with Crippen LogP contribution in [0.5, 0.6) is 0 Å². The second-order valence-corrected chi connectivity index (χ2v) is 8.75. The van der Waals surface area contributed by atoms with Gasteiger partial charge in [-0.15, -0.1) is 0 Å². The Kier molecular flexibility index (Phi) is 10.8. The van der Waals surface area contributed by atoms with Gasteiger partial charge in [0.15, 0.2) is 0 Å². The highest BCUT2D eigenvalue weighted by Gasteiger charge is 2.24. The fourth-order valence-corrected chi connectivity index (χ4v) is 3.86. The number of aromatic nitrogens is 2. The Hall–Kier alpha value is -2.49. The number of carbonyl (C=O) groups is 2. The summed E-state index contributed by atoms with van der Waals surface area (Å²) < 4.78 is 5.02. The van der Waals surface area contributed by atoms with Crippen LogP contribution < -0.4 is 5.32 Å². The third kappa shape index (κ3) is 8.42. The predicted octanol–water partition coefficient (Wildman–Crippen LogP) is 3.36. The number of fused-ring (bicyclic) bond motifs is 1. The number of H-pyrrole nitrogens is 1. The molecule has 1 aliphatic heterocycles. The maximum Gasteiger partial charge on any atom is 0.332 e. The Morgan fingerprint density at radius 1 is 1.24 bits per heavy atom. The lowest BCUT2D eigenvalue weighted by molar-refractivity contribution is -0.145. The van der Waals surface area contributed by atoms with Gasteiger partial charge in [0.2, 0.25) is 5.91 Å². The molecule has 9 heteroatoms. The highest BCUT2D eigenvalue weighted by atomic mass is 16.5. The van der Waals surface area contributed by atoms with E-state index in [0.29, 0.717) is 30.8 Å². The molecule has 3 rings (SSSR count). The van der Waals surface area contributed by atoms with E-state index in [1.165, 1.54) is 12.5 Å². The van der Waals surface area contributed by atoms with Crippen molar-refractivity contribution in [3.63, 3.8) is 0 Å². The van der Waals surface area contributed by atoms with Gasteiger partial charge >= 0.3 is 5.97 Å². The normalized spacial score (nSPS) is 15.8. The van der Waals surface area contributed by atoms with Crippen LogP contribution in [0.2, 0.25) is 0 Å². The number of nitrogens with zero attached hydrogens (tertiary/aromatic N) is 2. The molecule has 1 aliphatic rings. The SMILES string of the molecule is CC(O)C(=O)O.COCCCCC(=O)Nc1ccc2[nH]cc(C3CCN(C(C)C)CC3)c2n1. The molecular weight excluding hydrogens is 424 g/mol. The first-order valence-corrected chi connectivity index (χ1v) is 11.6. The zero-order valence-corrected chi connectivity index (χ0v) is 20.1. The molecule has 1 amide bonds. The lowest BCUT2D eigenvalue weighted by atomic mass is 9.90. The number of aliphatic hydroxyl groups excluding tert-OH is 1. The summed E-state index contributed by atoms with van der Waals surface area (Å²) >= 11 is 0. The number of likely N-dealkylation sites (tertiary alicyclic amines) is 1. The molecule has 4 N–H and O–H groups in total. The minimum atomic E-state index is -1.23. The van der Waals surface area contributed by atoms with Crippen molar-refractivity contribution < 1.29 is 24.5 Å². The molecule has 2 aromatic rings. The third-order valence-corrected chi connectivity index (χ3v) is 5.88. The molecule has 0 radical (unpaired) electrons. The Bertz CT molecular complexity index is 888. The van der Waals surface area contributed by atoms with E-state index in [2.05, 4.69) is 35.2 Å². The van der Waals surface area contributed by atoms with Gasteiger partial charge in [-0.1, -0.05) is 0 Å². The molecule has 0 aliphatic carbocycles. The quantitative estimate of drug-likeness (QED) is 0.421. The van der Waals surface area contributed by atoms with Crippen LogP contribution in [-0.4, -0.2) is 75.9 Å². The second-order valence-electron chi connectivity index (χ2n) is 8.75. The number of ether oxygens (including phenoxy) is 1. The standard InChI is InChI=1S/C21H32N4O2.C3H6O3/c1-15(2)25-11-9-16(10-12-25)17-14-22-18-7-8-19(24-21(17)18)23-20(26)6-4-5-13-27-3;1-2(4)3(5)6/h7-8,14-16,22H,4-6,9-13H2,1-3H3,(H,23,24,26);2,4H,1H3,(H,5,6). The number of carbonyl (C=O) groups excluding carboxylic acids is 1. The van der Waals surface area contributed by atoms with E-state index in [1.54, 1.807) is 7.11 Å². The molecule has 0 aromatic carbocycles.